The predicted octanol–water partition coefficient (Wildman–Crippen LogP) is 3.61. The summed E-state index contributed by atoms with van der Waals surface area (Å²) in [6.07, 6.45) is 0. The van der Waals surface area contributed by atoms with E-state index in [1.807, 2.05) is 44.7 Å². The quantitative estimate of drug-likeness (QED) is 0.520. The molecule has 1 aromatic heterocycles. The molecule has 1 amide bonds. The van der Waals surface area contributed by atoms with Gasteiger partial charge in [-0.3, -0.25) is 4.79 Å². The van der Waals surface area contributed by atoms with Crippen LogP contribution in [0.25, 0.3) is 0 Å². The molecule has 8 heteroatoms. The molecule has 0 aliphatic rings. The third kappa shape index (κ3) is 6.13. The number of hydrogen-bond donors (Lipinski definition) is 1. The molecule has 0 unspecified atom stereocenters. The molecule has 0 saturated carbocycles. The van der Waals surface area contributed by atoms with E-state index in [2.05, 4.69) is 43.1 Å². The summed E-state index contributed by atoms with van der Waals surface area (Å²) in [5.41, 5.74) is 1.34. The normalized spacial score (nSPS) is 11.9. The molecule has 2 aromatic rings. The van der Waals surface area contributed by atoms with Gasteiger partial charge in [-0.1, -0.05) is 44.7 Å². The summed E-state index contributed by atoms with van der Waals surface area (Å²) in [6, 6.07) is 8.30. The highest BCUT2D eigenvalue weighted by molar-refractivity contribution is 7.99. The Kier molecular flexibility index (Phi) is 7.57. The van der Waals surface area contributed by atoms with Crippen LogP contribution in [-0.2, 0) is 16.8 Å². The Bertz CT molecular complexity index is 801. The molecule has 1 heterocycles. The van der Waals surface area contributed by atoms with Crippen LogP contribution in [0.3, 0.4) is 0 Å². The topological polar surface area (TPSA) is 86.3 Å². The summed E-state index contributed by atoms with van der Waals surface area (Å²) in [5, 5.41) is 8.69. The fourth-order valence-corrected chi connectivity index (χ4v) is 3.82. The maximum absolute atomic E-state index is 12.5. The Hall–Kier alpha value is -2.22. The van der Waals surface area contributed by atoms with E-state index in [9.17, 15) is 4.79 Å². The Balaban J connectivity index is 1.94. The first-order chi connectivity index (χ1) is 13.5. The second kappa shape index (κ2) is 9.52. The molecule has 0 saturated heterocycles. The minimum absolute atomic E-state index is 0.0553. The fourth-order valence-electron chi connectivity index (χ4n) is 3.08. The van der Waals surface area contributed by atoms with Gasteiger partial charge in [0.2, 0.25) is 11.1 Å². The molecule has 0 fully saturated rings. The van der Waals surface area contributed by atoms with Gasteiger partial charge in [0.1, 0.15) is 12.4 Å². The van der Waals surface area contributed by atoms with Crippen LogP contribution in [-0.4, -0.2) is 43.5 Å². The number of nitrogens with zero attached hydrogens (tertiary/aromatic N) is 4. The van der Waals surface area contributed by atoms with Gasteiger partial charge in [0.25, 0.3) is 0 Å². The van der Waals surface area contributed by atoms with Crippen LogP contribution in [0.5, 0.6) is 5.75 Å². The molecule has 160 valence electrons. The predicted molar refractivity (Wildman–Crippen MR) is 117 cm³/mol. The van der Waals surface area contributed by atoms with Gasteiger partial charge < -0.3 is 15.5 Å². The number of nitrogens with two attached hydrogens (primary N) is 1. The zero-order valence-corrected chi connectivity index (χ0v) is 19.3. The molecule has 1 aromatic carbocycles. The minimum atomic E-state index is 0.0553. The van der Waals surface area contributed by atoms with E-state index in [0.717, 1.165) is 5.75 Å². The molecule has 2 rings (SSSR count). The average Bonchev–Trinajstić information content (AvgIpc) is 2.97. The van der Waals surface area contributed by atoms with Crippen molar-refractivity contribution in [1.82, 2.24) is 19.8 Å². The van der Waals surface area contributed by atoms with Gasteiger partial charge in [-0.25, -0.2) is 4.68 Å². The Morgan fingerprint density at radius 3 is 2.24 bits per heavy atom. The van der Waals surface area contributed by atoms with Gasteiger partial charge in [-0.05, 0) is 50.8 Å². The third-order valence-corrected chi connectivity index (χ3v) is 5.48. The fraction of sp³-hybridized carbons (Fsp3) is 0.571. The zero-order chi connectivity index (χ0) is 21.8. The van der Waals surface area contributed by atoms with Crippen molar-refractivity contribution in [3.63, 3.8) is 0 Å². The molecule has 0 aliphatic heterocycles. The lowest BCUT2D eigenvalue weighted by atomic mass is 9.87. The number of aromatic nitrogens is 3. The molecule has 0 atom stereocenters. The monoisotopic (exact) mass is 419 g/mol. The van der Waals surface area contributed by atoms with E-state index in [-0.39, 0.29) is 35.8 Å². The number of benzene rings is 1. The number of thioether (sulfide) groups is 1. The first kappa shape index (κ1) is 23.1. The van der Waals surface area contributed by atoms with Crippen LogP contribution in [0.15, 0.2) is 29.4 Å². The summed E-state index contributed by atoms with van der Waals surface area (Å²) in [6.45, 7) is 14.8. The lowest BCUT2D eigenvalue weighted by Gasteiger charge is -2.30. The second-order valence-electron chi connectivity index (χ2n) is 8.61. The standard InChI is InChI=1S/C21H33N5O2S/c1-14(2)25(15(3)4)19(27)13-29-20-24-23-18(26(20)22)12-28-17-10-8-16(9-11-17)21(5,6)7/h8-11,14-15H,12-13,22H2,1-7H3. The Morgan fingerprint density at radius 2 is 1.72 bits per heavy atom. The molecule has 7 nitrogen and oxygen atoms in total. The lowest BCUT2D eigenvalue weighted by molar-refractivity contribution is -0.131. The van der Waals surface area contributed by atoms with Gasteiger partial charge in [-0.2, -0.15) is 0 Å². The number of nitrogen functional groups attached to an aromatic ring is 1. The van der Waals surface area contributed by atoms with Crippen molar-refractivity contribution >= 4 is 17.7 Å². The average molecular weight is 420 g/mol. The maximum Gasteiger partial charge on any atom is 0.233 e. The van der Waals surface area contributed by atoms with E-state index in [1.54, 1.807) is 0 Å². The number of amides is 1. The van der Waals surface area contributed by atoms with Crippen LogP contribution in [0.4, 0.5) is 0 Å². The summed E-state index contributed by atoms with van der Waals surface area (Å²) in [7, 11) is 0. The number of ether oxygens (including phenoxy) is 1. The highest BCUT2D eigenvalue weighted by Gasteiger charge is 2.21. The van der Waals surface area contributed by atoms with Crippen LogP contribution in [0, 0.1) is 0 Å². The molecule has 0 aliphatic carbocycles. The van der Waals surface area contributed by atoms with Crippen LogP contribution < -0.4 is 10.6 Å². The van der Waals surface area contributed by atoms with Crippen LogP contribution >= 0.6 is 11.8 Å². The van der Waals surface area contributed by atoms with E-state index in [4.69, 9.17) is 10.6 Å². The minimum Gasteiger partial charge on any atom is -0.486 e. The van der Waals surface area contributed by atoms with E-state index >= 15 is 0 Å². The number of carbonyl (C=O) groups is 1. The molecule has 0 bridgehead atoms. The Morgan fingerprint density at radius 1 is 1.14 bits per heavy atom. The van der Waals surface area contributed by atoms with Crippen molar-refractivity contribution < 1.29 is 9.53 Å². The van der Waals surface area contributed by atoms with Crippen LogP contribution in [0.2, 0.25) is 0 Å². The SMILES string of the molecule is CC(C)N(C(=O)CSc1nnc(COc2ccc(C(C)(C)C)cc2)n1N)C(C)C. The lowest BCUT2D eigenvalue weighted by Crippen LogP contribution is -2.43. The van der Waals surface area contributed by atoms with Crippen molar-refractivity contribution in [3.05, 3.63) is 35.7 Å². The van der Waals surface area contributed by atoms with Gasteiger partial charge in [0.05, 0.1) is 5.75 Å². The molecular formula is C21H33N5O2S. The number of hydrogen-bond acceptors (Lipinski definition) is 6. The maximum atomic E-state index is 12.5. The van der Waals surface area contributed by atoms with E-state index in [1.165, 1.54) is 22.0 Å². The van der Waals surface area contributed by atoms with Crippen molar-refractivity contribution in [2.24, 2.45) is 0 Å². The molecular weight excluding hydrogens is 386 g/mol. The third-order valence-electron chi connectivity index (χ3n) is 4.55. The summed E-state index contributed by atoms with van der Waals surface area (Å²) in [4.78, 5) is 14.4. The first-order valence-corrected chi connectivity index (χ1v) is 10.9. The summed E-state index contributed by atoms with van der Waals surface area (Å²) in [5.74, 6) is 7.67. The van der Waals surface area contributed by atoms with Gasteiger partial charge >= 0.3 is 0 Å². The summed E-state index contributed by atoms with van der Waals surface area (Å²) < 4.78 is 7.18. The van der Waals surface area contributed by atoms with E-state index in [0.29, 0.717) is 11.0 Å². The number of carbonyl (C=O) groups excluding carboxylic acids is 1. The molecule has 2 N–H and O–H groups in total. The van der Waals surface area contributed by atoms with Gasteiger partial charge in [0, 0.05) is 12.1 Å². The number of rotatable bonds is 8. The van der Waals surface area contributed by atoms with Crippen molar-refractivity contribution in [2.45, 2.75) is 77.7 Å². The second-order valence-corrected chi connectivity index (χ2v) is 9.55. The highest BCUT2D eigenvalue weighted by atomic mass is 32.2. The largest absolute Gasteiger partial charge is 0.486 e. The van der Waals surface area contributed by atoms with Crippen molar-refractivity contribution in [3.8, 4) is 5.75 Å². The van der Waals surface area contributed by atoms with Gasteiger partial charge in [0.15, 0.2) is 5.82 Å². The molecule has 0 radical (unpaired) electrons. The van der Waals surface area contributed by atoms with E-state index < -0.39 is 0 Å². The highest BCUT2D eigenvalue weighted by Crippen LogP contribution is 2.24. The molecule has 29 heavy (non-hydrogen) atoms. The Labute approximate surface area is 178 Å². The van der Waals surface area contributed by atoms with Crippen molar-refractivity contribution in [2.75, 3.05) is 11.6 Å². The van der Waals surface area contributed by atoms with Crippen molar-refractivity contribution in [1.29, 1.82) is 0 Å². The van der Waals surface area contributed by atoms with Crippen LogP contribution in [0.1, 0.15) is 59.9 Å². The zero-order valence-electron chi connectivity index (χ0n) is 18.5. The van der Waals surface area contributed by atoms with Gasteiger partial charge in [-0.15, -0.1) is 10.2 Å². The summed E-state index contributed by atoms with van der Waals surface area (Å²) >= 11 is 1.28. The molecule has 0 spiro atoms. The first-order valence-electron chi connectivity index (χ1n) is 9.87. The smallest absolute Gasteiger partial charge is 0.233 e.